The number of rotatable bonds is 4. The molecule has 2 aromatic heterocycles. The first-order valence-electron chi connectivity index (χ1n) is 10.3. The van der Waals surface area contributed by atoms with E-state index in [1.54, 1.807) is 28.7 Å². The van der Waals surface area contributed by atoms with Crippen LogP contribution < -0.4 is 10.2 Å². The Morgan fingerprint density at radius 1 is 1.12 bits per heavy atom. The van der Waals surface area contributed by atoms with Crippen LogP contribution in [0.15, 0.2) is 42.0 Å². The summed E-state index contributed by atoms with van der Waals surface area (Å²) >= 11 is 1.49. The number of hydrogen-bond acceptors (Lipinski definition) is 8. The van der Waals surface area contributed by atoms with Crippen molar-refractivity contribution < 1.29 is 13.9 Å². The fourth-order valence-corrected chi connectivity index (χ4v) is 3.79. The SMILES string of the molecule is CC(C)(C)OC(=O)N1CCN(c2nc(Nc3ccc(F)cc3)cc(-c3cncs3)n2)CC1. The standard InChI is InChI=1S/C22H25FN6O2S/c1-22(2,3)31-21(30)29-10-8-28(9-11-29)20-26-17(18-13-24-14-32-18)12-19(27-20)25-16-6-4-15(23)5-7-16/h4-7,12-14H,8-11H2,1-3H3,(H,25,26,27). The van der Waals surface area contributed by atoms with Gasteiger partial charge >= 0.3 is 6.09 Å². The fraction of sp³-hybridized carbons (Fsp3) is 0.364. The number of thiazole rings is 1. The minimum Gasteiger partial charge on any atom is -0.444 e. The zero-order chi connectivity index (χ0) is 22.7. The highest BCUT2D eigenvalue weighted by molar-refractivity contribution is 7.13. The Bertz CT molecular complexity index is 1060. The molecule has 0 bridgehead atoms. The van der Waals surface area contributed by atoms with E-state index in [1.807, 2.05) is 31.7 Å². The quantitative estimate of drug-likeness (QED) is 0.617. The number of carbonyl (C=O) groups excluding carboxylic acids is 1. The number of carbonyl (C=O) groups is 1. The number of aromatic nitrogens is 3. The lowest BCUT2D eigenvalue weighted by Crippen LogP contribution is -2.50. The van der Waals surface area contributed by atoms with Crippen molar-refractivity contribution in [2.45, 2.75) is 26.4 Å². The van der Waals surface area contributed by atoms with Crippen LogP contribution in [-0.2, 0) is 4.74 Å². The Kier molecular flexibility index (Phi) is 6.22. The first kappa shape index (κ1) is 21.9. The van der Waals surface area contributed by atoms with Gasteiger partial charge in [-0.15, -0.1) is 11.3 Å². The summed E-state index contributed by atoms with van der Waals surface area (Å²) in [6, 6.07) is 7.94. The van der Waals surface area contributed by atoms with E-state index in [0.717, 1.165) is 16.3 Å². The second kappa shape index (κ2) is 9.07. The van der Waals surface area contributed by atoms with Gasteiger partial charge in [-0.05, 0) is 45.0 Å². The van der Waals surface area contributed by atoms with E-state index in [0.29, 0.717) is 37.9 Å². The largest absolute Gasteiger partial charge is 0.444 e. The Labute approximate surface area is 190 Å². The monoisotopic (exact) mass is 456 g/mol. The number of nitrogens with zero attached hydrogens (tertiary/aromatic N) is 5. The maximum atomic E-state index is 13.3. The number of hydrogen-bond donors (Lipinski definition) is 1. The van der Waals surface area contributed by atoms with Gasteiger partial charge < -0.3 is 19.9 Å². The summed E-state index contributed by atoms with van der Waals surface area (Å²) in [7, 11) is 0. The van der Waals surface area contributed by atoms with E-state index in [4.69, 9.17) is 9.72 Å². The van der Waals surface area contributed by atoms with E-state index in [1.165, 1.54) is 23.5 Å². The lowest BCUT2D eigenvalue weighted by atomic mass is 10.2. The maximum absolute atomic E-state index is 13.3. The molecule has 1 saturated heterocycles. The molecule has 1 aliphatic rings. The average Bonchev–Trinajstić information content (AvgIpc) is 3.29. The van der Waals surface area contributed by atoms with Crippen LogP contribution in [0.25, 0.3) is 10.6 Å². The Morgan fingerprint density at radius 3 is 2.47 bits per heavy atom. The molecule has 0 radical (unpaired) electrons. The van der Waals surface area contributed by atoms with Crippen molar-refractivity contribution in [1.29, 1.82) is 0 Å². The summed E-state index contributed by atoms with van der Waals surface area (Å²) in [4.78, 5) is 30.6. The molecule has 0 saturated carbocycles. The van der Waals surface area contributed by atoms with Crippen molar-refractivity contribution in [3.63, 3.8) is 0 Å². The van der Waals surface area contributed by atoms with E-state index < -0.39 is 5.60 Å². The molecule has 32 heavy (non-hydrogen) atoms. The van der Waals surface area contributed by atoms with E-state index in [9.17, 15) is 9.18 Å². The molecule has 1 fully saturated rings. The molecule has 1 N–H and O–H groups in total. The number of halogens is 1. The Morgan fingerprint density at radius 2 is 1.84 bits per heavy atom. The highest BCUT2D eigenvalue weighted by Crippen LogP contribution is 2.28. The van der Waals surface area contributed by atoms with Crippen molar-refractivity contribution in [2.24, 2.45) is 0 Å². The molecule has 4 rings (SSSR count). The van der Waals surface area contributed by atoms with Crippen LogP contribution in [0.2, 0.25) is 0 Å². The van der Waals surface area contributed by atoms with Crippen molar-refractivity contribution in [1.82, 2.24) is 19.9 Å². The van der Waals surface area contributed by atoms with Crippen molar-refractivity contribution in [2.75, 3.05) is 36.4 Å². The third kappa shape index (κ3) is 5.50. The minimum atomic E-state index is -0.526. The number of amides is 1. The molecule has 3 aromatic rings. The molecular formula is C22H25FN6O2S. The highest BCUT2D eigenvalue weighted by Gasteiger charge is 2.27. The van der Waals surface area contributed by atoms with Crippen molar-refractivity contribution in [3.05, 3.63) is 47.9 Å². The van der Waals surface area contributed by atoms with Crippen LogP contribution in [0.5, 0.6) is 0 Å². The molecular weight excluding hydrogens is 431 g/mol. The van der Waals surface area contributed by atoms with Crippen LogP contribution in [0.1, 0.15) is 20.8 Å². The van der Waals surface area contributed by atoms with Gasteiger partial charge in [-0.25, -0.2) is 14.2 Å². The minimum absolute atomic E-state index is 0.299. The first-order chi connectivity index (χ1) is 15.3. The lowest BCUT2D eigenvalue weighted by molar-refractivity contribution is 0.0240. The van der Waals surface area contributed by atoms with Crippen LogP contribution in [0.4, 0.5) is 26.6 Å². The summed E-state index contributed by atoms with van der Waals surface area (Å²) in [5, 5.41) is 3.22. The third-order valence-electron chi connectivity index (χ3n) is 4.73. The lowest BCUT2D eigenvalue weighted by Gasteiger charge is -2.35. The van der Waals surface area contributed by atoms with Crippen LogP contribution >= 0.6 is 11.3 Å². The van der Waals surface area contributed by atoms with Gasteiger partial charge in [-0.3, -0.25) is 4.98 Å². The van der Waals surface area contributed by atoms with Gasteiger partial charge in [-0.1, -0.05) is 0 Å². The maximum Gasteiger partial charge on any atom is 0.410 e. The van der Waals surface area contributed by atoms with Gasteiger partial charge in [0.25, 0.3) is 0 Å². The number of benzene rings is 1. The highest BCUT2D eigenvalue weighted by atomic mass is 32.1. The summed E-state index contributed by atoms with van der Waals surface area (Å²) < 4.78 is 18.7. The second-order valence-electron chi connectivity index (χ2n) is 8.39. The number of anilines is 3. The van der Waals surface area contributed by atoms with Crippen LogP contribution in [0.3, 0.4) is 0 Å². The molecule has 3 heterocycles. The Balaban J connectivity index is 1.53. The molecule has 8 nitrogen and oxygen atoms in total. The van der Waals surface area contributed by atoms with Crippen molar-refractivity contribution >= 4 is 34.9 Å². The molecule has 1 amide bonds. The summed E-state index contributed by atoms with van der Waals surface area (Å²) in [5.41, 5.74) is 2.70. The number of ether oxygens (including phenoxy) is 1. The van der Waals surface area contributed by atoms with Crippen LogP contribution in [0, 0.1) is 5.82 Å². The van der Waals surface area contributed by atoms with Gasteiger partial charge in [0.1, 0.15) is 17.2 Å². The van der Waals surface area contributed by atoms with E-state index >= 15 is 0 Å². The zero-order valence-electron chi connectivity index (χ0n) is 18.2. The Hall–Kier alpha value is -3.27. The molecule has 0 unspecified atom stereocenters. The molecule has 10 heteroatoms. The molecule has 0 atom stereocenters. The summed E-state index contributed by atoms with van der Waals surface area (Å²) in [6.45, 7) is 7.77. The predicted octanol–water partition coefficient (Wildman–Crippen LogP) is 4.54. The fourth-order valence-electron chi connectivity index (χ4n) is 3.21. The zero-order valence-corrected chi connectivity index (χ0v) is 19.0. The summed E-state index contributed by atoms with van der Waals surface area (Å²) in [6.07, 6.45) is 1.45. The molecule has 168 valence electrons. The molecule has 1 aromatic carbocycles. The normalized spacial score (nSPS) is 14.4. The van der Waals surface area contributed by atoms with Crippen molar-refractivity contribution in [3.8, 4) is 10.6 Å². The average molecular weight is 457 g/mol. The van der Waals surface area contributed by atoms with Gasteiger partial charge in [0, 0.05) is 44.1 Å². The molecule has 0 aliphatic carbocycles. The summed E-state index contributed by atoms with van der Waals surface area (Å²) in [5.74, 6) is 0.857. The second-order valence-corrected chi connectivity index (χ2v) is 9.28. The van der Waals surface area contributed by atoms with Gasteiger partial charge in [0.15, 0.2) is 0 Å². The van der Waals surface area contributed by atoms with E-state index in [2.05, 4.69) is 15.3 Å². The number of nitrogens with one attached hydrogen (secondary N) is 1. The van der Waals surface area contributed by atoms with Gasteiger partial charge in [-0.2, -0.15) is 4.98 Å². The number of piperazine rings is 1. The van der Waals surface area contributed by atoms with Gasteiger partial charge in [0.2, 0.25) is 5.95 Å². The van der Waals surface area contributed by atoms with E-state index in [-0.39, 0.29) is 11.9 Å². The first-order valence-corrected chi connectivity index (χ1v) is 11.2. The smallest absolute Gasteiger partial charge is 0.410 e. The predicted molar refractivity (Wildman–Crippen MR) is 123 cm³/mol. The third-order valence-corrected chi connectivity index (χ3v) is 5.53. The molecule has 0 spiro atoms. The molecule has 1 aliphatic heterocycles. The van der Waals surface area contributed by atoms with Crippen LogP contribution in [-0.4, -0.2) is 57.7 Å². The van der Waals surface area contributed by atoms with Gasteiger partial charge in [0.05, 0.1) is 16.1 Å². The topological polar surface area (TPSA) is 83.5 Å².